The number of H-pyrrole nitrogens is 1. The fraction of sp³-hybridized carbons (Fsp3) is 0.611. The third kappa shape index (κ3) is 6.50. The molecule has 2 rings (SSSR count). The summed E-state index contributed by atoms with van der Waals surface area (Å²) in [4.78, 5) is 40.0. The number of pyridine rings is 1. The van der Waals surface area contributed by atoms with Crippen LogP contribution >= 0.6 is 11.6 Å². The van der Waals surface area contributed by atoms with Crippen LogP contribution in [0.15, 0.2) is 10.9 Å². The van der Waals surface area contributed by atoms with Gasteiger partial charge in [-0.25, -0.2) is 0 Å². The number of hydrogen-bond donors (Lipinski definition) is 3. The van der Waals surface area contributed by atoms with Gasteiger partial charge in [-0.05, 0) is 12.5 Å². The number of anilines is 1. The molecule has 2 atom stereocenters. The second-order valence-electron chi connectivity index (χ2n) is 6.04. The van der Waals surface area contributed by atoms with Crippen LogP contribution in [0.2, 0.25) is 5.02 Å². The van der Waals surface area contributed by atoms with Crippen molar-refractivity contribution in [2.45, 2.75) is 38.8 Å². The summed E-state index contributed by atoms with van der Waals surface area (Å²) in [5, 5.41) is 2.93. The molecule has 0 aromatic carbocycles. The first-order valence-corrected chi connectivity index (χ1v) is 9.54. The molecule has 158 valence electrons. The number of esters is 1. The number of aromatic amines is 1. The second kappa shape index (κ2) is 11.7. The lowest BCUT2D eigenvalue weighted by Crippen LogP contribution is -2.55. The number of carbonyl (C=O) groups is 2. The van der Waals surface area contributed by atoms with Gasteiger partial charge in [-0.3, -0.25) is 14.4 Å². The Balaban J connectivity index is 0.00000190. The molecule has 0 radical (unpaired) electrons. The average molecular weight is 417 g/mol. The molecule has 28 heavy (non-hydrogen) atoms. The first-order chi connectivity index (χ1) is 13.3. The topological polar surface area (TPSA) is 127 Å². The van der Waals surface area contributed by atoms with Crippen LogP contribution in [0.1, 0.15) is 37.0 Å². The fourth-order valence-corrected chi connectivity index (χ4v) is 3.03. The molecule has 2 unspecified atom stereocenters. The minimum Gasteiger partial charge on any atom is -0.469 e. The summed E-state index contributed by atoms with van der Waals surface area (Å²) in [6.45, 7) is 5.79. The number of hydrogen-bond acceptors (Lipinski definition) is 7. The van der Waals surface area contributed by atoms with Crippen molar-refractivity contribution in [1.29, 1.82) is 0 Å². The van der Waals surface area contributed by atoms with E-state index < -0.39 is 11.5 Å². The van der Waals surface area contributed by atoms with Crippen molar-refractivity contribution in [1.82, 2.24) is 15.2 Å². The standard InChI is InChI=1S/C16H23ClN4O5.C2H6/c1-25-12-8-21(6-4-13(22)26-2)5-3-11(12)19-15(23)9-7-10(17)14(18)20-16(9)24;1-2/h7,11-12H,3-6,8H2,1-2H3,(H,19,23)(H3,18,20,24);1-2H3. The van der Waals surface area contributed by atoms with Crippen molar-refractivity contribution in [3.8, 4) is 0 Å². The molecule has 0 saturated carbocycles. The lowest BCUT2D eigenvalue weighted by Gasteiger charge is -2.37. The van der Waals surface area contributed by atoms with Crippen LogP contribution in [0.3, 0.4) is 0 Å². The summed E-state index contributed by atoms with van der Waals surface area (Å²) in [5.74, 6) is -0.793. The molecule has 0 bridgehead atoms. The minimum absolute atomic E-state index is 0.0156. The van der Waals surface area contributed by atoms with Crippen molar-refractivity contribution < 1.29 is 19.1 Å². The number of piperidine rings is 1. The molecule has 1 amide bonds. The van der Waals surface area contributed by atoms with Crippen LogP contribution in [0.4, 0.5) is 5.82 Å². The Labute approximate surface area is 169 Å². The number of methoxy groups -OCH3 is 2. The number of likely N-dealkylation sites (tertiary alicyclic amines) is 1. The molecule has 1 aromatic heterocycles. The average Bonchev–Trinajstić information content (AvgIpc) is 2.70. The highest BCUT2D eigenvalue weighted by molar-refractivity contribution is 6.33. The molecule has 1 fully saturated rings. The molecule has 10 heteroatoms. The van der Waals surface area contributed by atoms with Gasteiger partial charge in [0.1, 0.15) is 11.4 Å². The number of aromatic nitrogens is 1. The maximum Gasteiger partial charge on any atom is 0.306 e. The number of carbonyl (C=O) groups excluding carboxylic acids is 2. The molecule has 1 saturated heterocycles. The van der Waals surface area contributed by atoms with E-state index in [1.165, 1.54) is 13.2 Å². The molecule has 1 aromatic rings. The Morgan fingerprint density at radius 2 is 2.07 bits per heavy atom. The Bertz CT molecular complexity index is 724. The van der Waals surface area contributed by atoms with Crippen molar-refractivity contribution >= 4 is 29.3 Å². The fourth-order valence-electron chi connectivity index (χ4n) is 2.87. The van der Waals surface area contributed by atoms with Crippen molar-refractivity contribution in [2.75, 3.05) is 39.6 Å². The summed E-state index contributed by atoms with van der Waals surface area (Å²) >= 11 is 5.88. The molecule has 4 N–H and O–H groups in total. The lowest BCUT2D eigenvalue weighted by molar-refractivity contribution is -0.141. The molecular weight excluding hydrogens is 388 g/mol. The third-order valence-electron chi connectivity index (χ3n) is 4.39. The zero-order valence-corrected chi connectivity index (χ0v) is 17.5. The van der Waals surface area contributed by atoms with Crippen LogP contribution in [-0.2, 0) is 14.3 Å². The number of nitrogens with one attached hydrogen (secondary N) is 2. The monoisotopic (exact) mass is 416 g/mol. The third-order valence-corrected chi connectivity index (χ3v) is 4.70. The first-order valence-electron chi connectivity index (χ1n) is 9.16. The normalized spacial score (nSPS) is 19.3. The van der Waals surface area contributed by atoms with Crippen molar-refractivity contribution in [3.05, 3.63) is 27.0 Å². The van der Waals surface area contributed by atoms with Gasteiger partial charge in [0, 0.05) is 26.7 Å². The molecule has 0 aliphatic carbocycles. The van der Waals surface area contributed by atoms with E-state index in [1.807, 2.05) is 13.8 Å². The van der Waals surface area contributed by atoms with Gasteiger partial charge in [-0.2, -0.15) is 0 Å². The van der Waals surface area contributed by atoms with Gasteiger partial charge in [-0.15, -0.1) is 0 Å². The Morgan fingerprint density at radius 1 is 1.39 bits per heavy atom. The highest BCUT2D eigenvalue weighted by atomic mass is 35.5. The van der Waals surface area contributed by atoms with Crippen LogP contribution in [0.5, 0.6) is 0 Å². The van der Waals surface area contributed by atoms with E-state index in [0.717, 1.165) is 0 Å². The largest absolute Gasteiger partial charge is 0.469 e. The van der Waals surface area contributed by atoms with E-state index in [4.69, 9.17) is 22.1 Å². The number of amides is 1. The molecule has 9 nitrogen and oxygen atoms in total. The van der Waals surface area contributed by atoms with Gasteiger partial charge in [0.15, 0.2) is 0 Å². The molecule has 1 aliphatic heterocycles. The van der Waals surface area contributed by atoms with Crippen LogP contribution < -0.4 is 16.6 Å². The Morgan fingerprint density at radius 3 is 2.68 bits per heavy atom. The van der Waals surface area contributed by atoms with E-state index in [-0.39, 0.29) is 34.5 Å². The smallest absolute Gasteiger partial charge is 0.306 e. The first kappa shape index (κ1) is 23.9. The van der Waals surface area contributed by atoms with Gasteiger partial charge in [-0.1, -0.05) is 25.4 Å². The van der Waals surface area contributed by atoms with Gasteiger partial charge >= 0.3 is 5.97 Å². The number of ether oxygens (including phenoxy) is 2. The predicted molar refractivity (Wildman–Crippen MR) is 108 cm³/mol. The zero-order chi connectivity index (χ0) is 21.3. The molecule has 2 heterocycles. The maximum atomic E-state index is 12.4. The van der Waals surface area contributed by atoms with Crippen molar-refractivity contribution in [3.63, 3.8) is 0 Å². The number of nitrogen functional groups attached to an aromatic ring is 1. The molecular formula is C18H29ClN4O5. The van der Waals surface area contributed by atoms with Gasteiger partial charge < -0.3 is 30.4 Å². The summed E-state index contributed by atoms with van der Waals surface area (Å²) < 4.78 is 10.1. The number of nitrogens with two attached hydrogens (primary N) is 1. The quantitative estimate of drug-likeness (QED) is 0.591. The van der Waals surface area contributed by atoms with Crippen LogP contribution in [0, 0.1) is 0 Å². The lowest BCUT2D eigenvalue weighted by atomic mass is 10.0. The van der Waals surface area contributed by atoms with Gasteiger partial charge in [0.2, 0.25) is 0 Å². The summed E-state index contributed by atoms with van der Waals surface area (Å²) in [5.41, 5.74) is 4.81. The van der Waals surface area contributed by atoms with E-state index in [1.54, 1.807) is 7.11 Å². The number of halogens is 1. The van der Waals surface area contributed by atoms with Crippen molar-refractivity contribution in [2.24, 2.45) is 0 Å². The summed E-state index contributed by atoms with van der Waals surface area (Å²) in [7, 11) is 2.91. The number of rotatable bonds is 6. The van der Waals surface area contributed by atoms with E-state index in [0.29, 0.717) is 32.5 Å². The minimum atomic E-state index is -0.603. The highest BCUT2D eigenvalue weighted by Gasteiger charge is 2.31. The van der Waals surface area contributed by atoms with Gasteiger partial charge in [0.25, 0.3) is 11.5 Å². The van der Waals surface area contributed by atoms with E-state index in [9.17, 15) is 14.4 Å². The Hall–Kier alpha value is -2.10. The number of nitrogens with zero attached hydrogens (tertiary/aromatic N) is 1. The SMILES string of the molecule is CC.COC(=O)CCN1CCC(NC(=O)c2cc(Cl)c(N)[nH]c2=O)C(OC)C1. The van der Waals surface area contributed by atoms with Gasteiger partial charge in [0.05, 0.1) is 30.7 Å². The molecule has 1 aliphatic rings. The maximum absolute atomic E-state index is 12.4. The molecule has 0 spiro atoms. The second-order valence-corrected chi connectivity index (χ2v) is 6.45. The summed E-state index contributed by atoms with van der Waals surface area (Å²) in [6, 6.07) is 0.982. The Kier molecular flexibility index (Phi) is 9.98. The van der Waals surface area contributed by atoms with E-state index >= 15 is 0 Å². The zero-order valence-electron chi connectivity index (χ0n) is 16.7. The van der Waals surface area contributed by atoms with Crippen LogP contribution in [-0.4, -0.2) is 67.8 Å². The predicted octanol–water partition coefficient (Wildman–Crippen LogP) is 1.02. The van der Waals surface area contributed by atoms with Crippen LogP contribution in [0.25, 0.3) is 0 Å². The summed E-state index contributed by atoms with van der Waals surface area (Å²) in [6.07, 6.45) is 0.642. The highest BCUT2D eigenvalue weighted by Crippen LogP contribution is 2.17. The van der Waals surface area contributed by atoms with E-state index in [2.05, 4.69) is 19.9 Å².